The highest BCUT2D eigenvalue weighted by Crippen LogP contribution is 2.41. The van der Waals surface area contributed by atoms with E-state index in [0.717, 1.165) is 49.5 Å². The third-order valence-electron chi connectivity index (χ3n) is 10.8. The fourth-order valence-electron chi connectivity index (χ4n) is 7.93. The van der Waals surface area contributed by atoms with Crippen LogP contribution in [0.1, 0.15) is 64.7 Å². The molecular formula is C44H42Cl2F2N4O7. The Kier molecular flexibility index (Phi) is 13.1. The van der Waals surface area contributed by atoms with Gasteiger partial charge in [0.2, 0.25) is 0 Å². The summed E-state index contributed by atoms with van der Waals surface area (Å²) in [6.45, 7) is 1.49. The van der Waals surface area contributed by atoms with E-state index in [1.165, 1.54) is 18.2 Å². The first-order valence-electron chi connectivity index (χ1n) is 19.3. The minimum absolute atomic E-state index is 0.0142. The predicted octanol–water partition coefficient (Wildman–Crippen LogP) is 9.39. The van der Waals surface area contributed by atoms with E-state index in [-0.39, 0.29) is 58.7 Å². The van der Waals surface area contributed by atoms with E-state index in [0.29, 0.717) is 45.6 Å². The Balaban J connectivity index is 1.35. The quantitative estimate of drug-likeness (QED) is 0.0810. The number of carboxylic acid groups (broad SMARTS) is 1. The Hall–Kier alpha value is -5.50. The highest BCUT2D eigenvalue weighted by atomic mass is 35.5. The molecule has 0 spiro atoms. The van der Waals surface area contributed by atoms with Crippen LogP contribution >= 0.6 is 23.2 Å². The molecule has 5 aromatic rings. The number of alkyl halides is 2. The third kappa shape index (κ3) is 9.70. The monoisotopic (exact) mass is 846 g/mol. The number of ether oxygens (including phenoxy) is 3. The number of pyridine rings is 2. The molecule has 59 heavy (non-hydrogen) atoms. The van der Waals surface area contributed by atoms with Gasteiger partial charge in [-0.15, -0.1) is 0 Å². The third-order valence-corrected chi connectivity index (χ3v) is 11.5. The molecule has 11 nitrogen and oxygen atoms in total. The summed E-state index contributed by atoms with van der Waals surface area (Å²) >= 11 is 13.2. The average molecular weight is 848 g/mol. The number of carbonyl (C=O) groups is 2. The Morgan fingerprint density at radius 2 is 1.78 bits per heavy atom. The predicted molar refractivity (Wildman–Crippen MR) is 219 cm³/mol. The van der Waals surface area contributed by atoms with Crippen molar-refractivity contribution in [2.75, 3.05) is 31.1 Å². The van der Waals surface area contributed by atoms with Crippen molar-refractivity contribution in [3.05, 3.63) is 141 Å². The Morgan fingerprint density at radius 3 is 2.44 bits per heavy atom. The van der Waals surface area contributed by atoms with Crippen molar-refractivity contribution >= 4 is 41.0 Å². The van der Waals surface area contributed by atoms with Crippen molar-refractivity contribution in [2.45, 2.75) is 57.8 Å². The van der Waals surface area contributed by atoms with Crippen molar-refractivity contribution in [1.82, 2.24) is 9.88 Å². The molecule has 3 fully saturated rings. The maximum absolute atomic E-state index is 14.5. The summed E-state index contributed by atoms with van der Waals surface area (Å²) in [6.07, 6.45) is 7.25. The molecule has 8 rings (SSSR count). The first kappa shape index (κ1) is 41.7. The number of amides is 1. The molecule has 0 unspecified atom stereocenters. The summed E-state index contributed by atoms with van der Waals surface area (Å²) in [4.78, 5) is 35.7. The van der Waals surface area contributed by atoms with Gasteiger partial charge in [0.15, 0.2) is 23.9 Å². The van der Waals surface area contributed by atoms with E-state index < -0.39 is 24.6 Å². The van der Waals surface area contributed by atoms with Crippen molar-refractivity contribution < 1.29 is 42.4 Å². The maximum atomic E-state index is 14.5. The summed E-state index contributed by atoms with van der Waals surface area (Å²) in [5, 5.41) is 22.9. The number of carbonyl (C=O) groups excluding carboxylic acids is 1. The first-order chi connectivity index (χ1) is 28.5. The number of fused-ring (bicyclic) bond motifs is 3. The molecule has 2 atom stereocenters. The van der Waals surface area contributed by atoms with Crippen molar-refractivity contribution in [2.24, 2.45) is 5.92 Å². The lowest BCUT2D eigenvalue weighted by molar-refractivity contribution is -0.605. The molecular weight excluding hydrogens is 805 g/mol. The normalized spacial score (nSPS) is 17.7. The number of hydrogen-bond donors (Lipinski definition) is 1. The lowest BCUT2D eigenvalue weighted by atomic mass is 9.82. The molecule has 1 N–H and O–H groups in total. The summed E-state index contributed by atoms with van der Waals surface area (Å²) in [5.41, 5.74) is 3.69. The van der Waals surface area contributed by atoms with Gasteiger partial charge in [0.05, 0.1) is 24.4 Å². The molecule has 0 saturated carbocycles. The van der Waals surface area contributed by atoms with Crippen LogP contribution in [0.5, 0.6) is 11.5 Å². The highest BCUT2D eigenvalue weighted by Gasteiger charge is 2.38. The number of halogens is 4. The minimum Gasteiger partial charge on any atom is -0.619 e. The van der Waals surface area contributed by atoms with E-state index in [2.05, 4.69) is 9.88 Å². The Bertz CT molecular complexity index is 2270. The summed E-state index contributed by atoms with van der Waals surface area (Å²) in [6, 6.07) is 20.4. The van der Waals surface area contributed by atoms with Gasteiger partial charge in [0.25, 0.3) is 0 Å². The van der Waals surface area contributed by atoms with Gasteiger partial charge in [-0.3, -0.25) is 14.8 Å². The second-order valence-electron chi connectivity index (χ2n) is 14.6. The zero-order chi connectivity index (χ0) is 41.6. The fourth-order valence-corrected chi connectivity index (χ4v) is 8.53. The molecule has 3 saturated heterocycles. The molecule has 1 amide bonds. The molecule has 0 aliphatic carbocycles. The number of rotatable bonds is 15. The van der Waals surface area contributed by atoms with Crippen LogP contribution in [0, 0.1) is 11.1 Å². The van der Waals surface area contributed by atoms with Gasteiger partial charge in [-0.2, -0.15) is 13.5 Å². The molecule has 308 valence electrons. The van der Waals surface area contributed by atoms with E-state index in [4.69, 9.17) is 37.4 Å². The largest absolute Gasteiger partial charge is 0.619 e. The van der Waals surface area contributed by atoms with Crippen molar-refractivity contribution in [3.63, 3.8) is 0 Å². The van der Waals surface area contributed by atoms with Crippen molar-refractivity contribution in [3.8, 4) is 22.6 Å². The number of carboxylic acids is 1. The van der Waals surface area contributed by atoms with Gasteiger partial charge in [-0.25, -0.2) is 9.59 Å². The number of para-hydroxylation sites is 1. The fraction of sp³-hybridized carbons (Fsp3) is 0.318. The van der Waals surface area contributed by atoms with Gasteiger partial charge in [0.1, 0.15) is 16.1 Å². The summed E-state index contributed by atoms with van der Waals surface area (Å²) in [7, 11) is 0. The van der Waals surface area contributed by atoms with E-state index in [1.54, 1.807) is 35.5 Å². The SMILES string of the molecule is CCCOc1cc([C@H](Cc2c(Cl)c[n+]([O-])cc2Cl)c2cc(CN(C(=O)O[C@H]3CN4CCC3CC4)c3ccccc3-c3cccnc3)ccc2C(=O)O)ccc1OC(F)F. The van der Waals surface area contributed by atoms with Gasteiger partial charge >= 0.3 is 18.7 Å². The summed E-state index contributed by atoms with van der Waals surface area (Å²) in [5.74, 6) is -2.01. The van der Waals surface area contributed by atoms with Crippen LogP contribution in [0.25, 0.3) is 11.1 Å². The van der Waals surface area contributed by atoms with E-state index in [9.17, 15) is 28.7 Å². The Labute approximate surface area is 350 Å². The number of hydrogen-bond acceptors (Lipinski definition) is 8. The van der Waals surface area contributed by atoms with Crippen LogP contribution in [0.3, 0.4) is 0 Å². The lowest BCUT2D eigenvalue weighted by Crippen LogP contribution is -2.53. The number of aromatic carboxylic acids is 1. The van der Waals surface area contributed by atoms with Gasteiger partial charge in [-0.1, -0.05) is 72.6 Å². The number of aromatic nitrogens is 2. The van der Waals surface area contributed by atoms with E-state index >= 15 is 0 Å². The Morgan fingerprint density at radius 1 is 1.02 bits per heavy atom. The number of piperidine rings is 3. The zero-order valence-electron chi connectivity index (χ0n) is 32.1. The molecule has 3 aromatic carbocycles. The van der Waals surface area contributed by atoms with Gasteiger partial charge < -0.3 is 24.5 Å². The average Bonchev–Trinajstić information content (AvgIpc) is 3.22. The molecule has 2 aromatic heterocycles. The number of benzene rings is 3. The second kappa shape index (κ2) is 18.6. The molecule has 15 heteroatoms. The van der Waals surface area contributed by atoms with Crippen LogP contribution in [-0.4, -0.2) is 66.0 Å². The highest BCUT2D eigenvalue weighted by molar-refractivity contribution is 6.35. The topological polar surface area (TPSA) is 128 Å². The second-order valence-corrected chi connectivity index (χ2v) is 15.4. The summed E-state index contributed by atoms with van der Waals surface area (Å²) < 4.78 is 44.3. The molecule has 0 radical (unpaired) electrons. The molecule has 5 heterocycles. The smallest absolute Gasteiger partial charge is 0.414 e. The maximum Gasteiger partial charge on any atom is 0.414 e. The van der Waals surface area contributed by atoms with Gasteiger partial charge in [0, 0.05) is 41.5 Å². The first-order valence-corrected chi connectivity index (χ1v) is 20.1. The van der Waals surface area contributed by atoms with Gasteiger partial charge in [-0.05, 0) is 91.7 Å². The van der Waals surface area contributed by atoms with Crippen LogP contribution in [0.15, 0.2) is 97.6 Å². The number of anilines is 1. The number of nitrogens with zero attached hydrogens (tertiary/aromatic N) is 4. The molecule has 2 bridgehead atoms. The van der Waals surface area contributed by atoms with Crippen LogP contribution in [0.2, 0.25) is 10.0 Å². The molecule has 3 aliphatic heterocycles. The lowest BCUT2D eigenvalue weighted by Gasteiger charge is -2.44. The van der Waals surface area contributed by atoms with Crippen LogP contribution in [0.4, 0.5) is 19.3 Å². The van der Waals surface area contributed by atoms with Crippen LogP contribution in [-0.2, 0) is 17.7 Å². The minimum atomic E-state index is -3.12. The van der Waals surface area contributed by atoms with E-state index in [1.807, 2.05) is 43.3 Å². The van der Waals surface area contributed by atoms with Crippen LogP contribution < -0.4 is 19.1 Å². The van der Waals surface area contributed by atoms with Crippen molar-refractivity contribution in [1.29, 1.82) is 0 Å². The standard InChI is InChI=1S/C44H42Cl2F2N4O7/c1-2-18-57-40-20-29(10-12-39(40)58-43(47)48)33(21-35-36(45)24-51(56)25-37(35)46)34-19-27(9-11-32(34)42(53)54)23-52(44(55)59-41-26-50-16-13-28(41)14-17-50)38-8-4-3-7-31(38)30-6-5-15-49-22-30/h3-12,15,19-20,22,24-25,28,33,41,43H,2,13-14,16-18,21,23,26H2,1H3,(H,53,54)/t33-,41-/m0/s1. The zero-order valence-corrected chi connectivity index (χ0v) is 33.6. The molecule has 3 aliphatic rings.